The number of hydrogen-bond acceptors (Lipinski definition) is 3. The van der Waals surface area contributed by atoms with E-state index in [0.29, 0.717) is 5.56 Å². The van der Waals surface area contributed by atoms with Crippen molar-refractivity contribution in [3.63, 3.8) is 0 Å². The monoisotopic (exact) mass is 274 g/mol. The molecular weight excluding hydrogens is 259 g/mol. The Morgan fingerprint density at radius 2 is 2.06 bits per heavy atom. The number of rotatable bonds is 5. The summed E-state index contributed by atoms with van der Waals surface area (Å²) in [5, 5.41) is 8.80. The van der Waals surface area contributed by atoms with E-state index in [1.54, 1.807) is 0 Å². The molecule has 1 atom stereocenters. The van der Waals surface area contributed by atoms with Crippen molar-refractivity contribution in [2.24, 2.45) is 0 Å². The zero-order valence-corrected chi connectivity index (χ0v) is 11.0. The van der Waals surface area contributed by atoms with Crippen molar-refractivity contribution in [1.82, 2.24) is 0 Å². The fourth-order valence-corrected chi connectivity index (χ4v) is 2.06. The zero-order chi connectivity index (χ0) is 13.9. The molecule has 0 bridgehead atoms. The maximum absolute atomic E-state index is 13.7. The Morgan fingerprint density at radius 3 is 2.50 bits per heavy atom. The summed E-state index contributed by atoms with van der Waals surface area (Å²) in [7, 11) is -3.14. The molecule has 0 radical (unpaired) electrons. The van der Waals surface area contributed by atoms with Gasteiger partial charge in [0.05, 0.1) is 11.7 Å². The van der Waals surface area contributed by atoms with Gasteiger partial charge in [0.2, 0.25) is 0 Å². The summed E-state index contributed by atoms with van der Waals surface area (Å²) in [6, 6.07) is 4.10. The molecule has 1 unspecified atom stereocenters. The van der Waals surface area contributed by atoms with E-state index >= 15 is 0 Å². The van der Waals surface area contributed by atoms with E-state index in [2.05, 4.69) is 0 Å². The lowest BCUT2D eigenvalue weighted by molar-refractivity contribution is -0.138. The molecule has 0 aliphatic heterocycles. The molecule has 18 heavy (non-hydrogen) atoms. The molecule has 0 aliphatic carbocycles. The van der Waals surface area contributed by atoms with Gasteiger partial charge in [-0.05, 0) is 30.5 Å². The normalized spacial score (nSPS) is 13.3. The Labute approximate surface area is 105 Å². The Bertz CT molecular complexity index is 551. The first-order chi connectivity index (χ1) is 8.20. The minimum atomic E-state index is -3.14. The van der Waals surface area contributed by atoms with Crippen molar-refractivity contribution >= 4 is 15.8 Å². The van der Waals surface area contributed by atoms with Crippen molar-refractivity contribution in [3.8, 4) is 0 Å². The number of carboxylic acids is 1. The number of sulfone groups is 1. The van der Waals surface area contributed by atoms with Gasteiger partial charge < -0.3 is 5.11 Å². The highest BCUT2D eigenvalue weighted by Gasteiger charge is 2.15. The van der Waals surface area contributed by atoms with Gasteiger partial charge in [-0.2, -0.15) is 0 Å². The largest absolute Gasteiger partial charge is 0.481 e. The number of benzene rings is 1. The first kappa shape index (κ1) is 14.6. The number of carboxylic acid groups (broad SMARTS) is 1. The molecule has 0 aromatic heterocycles. The SMILES string of the molecule is CC(C(=O)O)c1ccc(CCS(C)(=O)=O)c(F)c1. The van der Waals surface area contributed by atoms with E-state index in [1.165, 1.54) is 19.1 Å². The molecule has 100 valence electrons. The first-order valence-corrected chi connectivity index (χ1v) is 7.45. The lowest BCUT2D eigenvalue weighted by atomic mass is 9.99. The third-order valence-corrected chi connectivity index (χ3v) is 3.64. The van der Waals surface area contributed by atoms with Crippen LogP contribution in [0.3, 0.4) is 0 Å². The molecule has 1 aromatic carbocycles. The predicted molar refractivity (Wildman–Crippen MR) is 65.9 cm³/mol. The van der Waals surface area contributed by atoms with Crippen LogP contribution in [0, 0.1) is 5.82 Å². The smallest absolute Gasteiger partial charge is 0.310 e. The summed E-state index contributed by atoms with van der Waals surface area (Å²) in [6.07, 6.45) is 1.18. The molecule has 0 spiro atoms. The van der Waals surface area contributed by atoms with Crippen LogP contribution in [-0.4, -0.2) is 31.5 Å². The molecular formula is C12H15FO4S. The molecule has 0 saturated heterocycles. The second kappa shape index (κ2) is 5.48. The quantitative estimate of drug-likeness (QED) is 0.885. The molecule has 0 saturated carbocycles. The Morgan fingerprint density at radius 1 is 1.44 bits per heavy atom. The second-order valence-corrected chi connectivity index (χ2v) is 6.55. The molecule has 0 amide bonds. The van der Waals surface area contributed by atoms with Crippen molar-refractivity contribution in [2.45, 2.75) is 19.3 Å². The highest BCUT2D eigenvalue weighted by Crippen LogP contribution is 2.19. The van der Waals surface area contributed by atoms with Gasteiger partial charge in [-0.15, -0.1) is 0 Å². The zero-order valence-electron chi connectivity index (χ0n) is 10.2. The van der Waals surface area contributed by atoms with Crippen LogP contribution in [0.4, 0.5) is 4.39 Å². The van der Waals surface area contributed by atoms with Gasteiger partial charge in [0.15, 0.2) is 0 Å². The lowest BCUT2D eigenvalue weighted by Crippen LogP contribution is -2.10. The molecule has 0 fully saturated rings. The van der Waals surface area contributed by atoms with E-state index in [1.807, 2.05) is 0 Å². The van der Waals surface area contributed by atoms with Crippen molar-refractivity contribution in [1.29, 1.82) is 0 Å². The number of hydrogen-bond donors (Lipinski definition) is 1. The van der Waals surface area contributed by atoms with Crippen molar-refractivity contribution in [2.75, 3.05) is 12.0 Å². The number of halogens is 1. The summed E-state index contributed by atoms with van der Waals surface area (Å²) < 4.78 is 35.6. The standard InChI is InChI=1S/C12H15FO4S/c1-8(12(14)15)10-4-3-9(11(13)7-10)5-6-18(2,16)17/h3-4,7-8H,5-6H2,1-2H3,(H,14,15). The van der Waals surface area contributed by atoms with Crippen molar-refractivity contribution < 1.29 is 22.7 Å². The minimum Gasteiger partial charge on any atom is -0.481 e. The highest BCUT2D eigenvalue weighted by molar-refractivity contribution is 7.90. The highest BCUT2D eigenvalue weighted by atomic mass is 32.2. The fourth-order valence-electron chi connectivity index (χ4n) is 1.47. The summed E-state index contributed by atoms with van der Waals surface area (Å²) >= 11 is 0. The lowest BCUT2D eigenvalue weighted by Gasteiger charge is -2.09. The Hall–Kier alpha value is -1.43. The van der Waals surface area contributed by atoms with Crippen LogP contribution in [0.15, 0.2) is 18.2 Å². The number of carbonyl (C=O) groups is 1. The average molecular weight is 274 g/mol. The van der Waals surface area contributed by atoms with Crippen LogP contribution >= 0.6 is 0 Å². The number of aryl methyl sites for hydroxylation is 1. The number of aliphatic carboxylic acids is 1. The molecule has 0 aliphatic rings. The predicted octanol–water partition coefficient (Wildman–Crippen LogP) is 1.60. The minimum absolute atomic E-state index is 0.0897. The van der Waals surface area contributed by atoms with Gasteiger partial charge in [-0.25, -0.2) is 12.8 Å². The Balaban J connectivity index is 2.90. The van der Waals surface area contributed by atoms with Gasteiger partial charge in [0.1, 0.15) is 15.7 Å². The summed E-state index contributed by atoms with van der Waals surface area (Å²) in [6.45, 7) is 1.47. The van der Waals surface area contributed by atoms with Gasteiger partial charge in [-0.3, -0.25) is 4.79 Å². The third-order valence-electron chi connectivity index (χ3n) is 2.69. The summed E-state index contributed by atoms with van der Waals surface area (Å²) in [5.74, 6) is -2.51. The van der Waals surface area contributed by atoms with E-state index in [4.69, 9.17) is 5.11 Å². The second-order valence-electron chi connectivity index (χ2n) is 4.29. The van der Waals surface area contributed by atoms with Gasteiger partial charge in [0.25, 0.3) is 0 Å². The van der Waals surface area contributed by atoms with Gasteiger partial charge in [0, 0.05) is 6.26 Å². The molecule has 1 aromatic rings. The first-order valence-electron chi connectivity index (χ1n) is 5.39. The van der Waals surface area contributed by atoms with Crippen LogP contribution in [0.1, 0.15) is 24.0 Å². The van der Waals surface area contributed by atoms with Crippen LogP contribution in [-0.2, 0) is 21.1 Å². The van der Waals surface area contributed by atoms with E-state index in [-0.39, 0.29) is 17.7 Å². The van der Waals surface area contributed by atoms with E-state index in [9.17, 15) is 17.6 Å². The van der Waals surface area contributed by atoms with Crippen LogP contribution in [0.5, 0.6) is 0 Å². The molecule has 1 rings (SSSR count). The summed E-state index contributed by atoms with van der Waals surface area (Å²) in [5.41, 5.74) is 0.643. The molecule has 4 nitrogen and oxygen atoms in total. The molecule has 0 heterocycles. The van der Waals surface area contributed by atoms with Crippen LogP contribution < -0.4 is 0 Å². The van der Waals surface area contributed by atoms with E-state index < -0.39 is 27.5 Å². The Kier molecular flexibility index (Phi) is 4.45. The van der Waals surface area contributed by atoms with Crippen molar-refractivity contribution in [3.05, 3.63) is 35.1 Å². The molecule has 6 heteroatoms. The maximum Gasteiger partial charge on any atom is 0.310 e. The third kappa shape index (κ3) is 4.10. The maximum atomic E-state index is 13.7. The van der Waals surface area contributed by atoms with Gasteiger partial charge >= 0.3 is 5.97 Å². The summed E-state index contributed by atoms with van der Waals surface area (Å²) in [4.78, 5) is 10.8. The van der Waals surface area contributed by atoms with Gasteiger partial charge in [-0.1, -0.05) is 12.1 Å². The topological polar surface area (TPSA) is 71.4 Å². The van der Waals surface area contributed by atoms with Crippen LogP contribution in [0.25, 0.3) is 0 Å². The fraction of sp³-hybridized carbons (Fsp3) is 0.417. The van der Waals surface area contributed by atoms with E-state index in [0.717, 1.165) is 12.3 Å². The van der Waals surface area contributed by atoms with Crippen LogP contribution in [0.2, 0.25) is 0 Å². The molecule has 1 N–H and O–H groups in total. The average Bonchev–Trinajstić information content (AvgIpc) is 2.25.